The molecule has 0 aromatic heterocycles. The molecule has 0 unspecified atom stereocenters. The molecule has 1 aliphatic carbocycles. The molecule has 2 amide bonds. The Labute approximate surface area is 143 Å². The van der Waals surface area contributed by atoms with E-state index in [1.54, 1.807) is 0 Å². The first-order valence-corrected chi connectivity index (χ1v) is 7.84. The highest BCUT2D eigenvalue weighted by Crippen LogP contribution is 2.40. The van der Waals surface area contributed by atoms with Crippen molar-refractivity contribution in [3.8, 4) is 0 Å². The van der Waals surface area contributed by atoms with Gasteiger partial charge in [-0.25, -0.2) is 0 Å². The largest absolute Gasteiger partial charge is 0.346 e. The van der Waals surface area contributed by atoms with Crippen molar-refractivity contribution in [1.29, 1.82) is 0 Å². The van der Waals surface area contributed by atoms with Crippen LogP contribution in [0.25, 0.3) is 0 Å². The van der Waals surface area contributed by atoms with E-state index < -0.39 is 6.04 Å². The van der Waals surface area contributed by atoms with Gasteiger partial charge in [0.05, 0.1) is 18.1 Å². The van der Waals surface area contributed by atoms with Gasteiger partial charge < -0.3 is 16.4 Å². The average Bonchev–Trinajstić information content (AvgIpc) is 2.48. The number of carbonyl (C=O) groups excluding carboxylic acids is 2. The van der Waals surface area contributed by atoms with Crippen molar-refractivity contribution in [3.63, 3.8) is 0 Å². The van der Waals surface area contributed by atoms with E-state index in [0.29, 0.717) is 0 Å². The van der Waals surface area contributed by atoms with Gasteiger partial charge >= 0.3 is 0 Å². The van der Waals surface area contributed by atoms with Gasteiger partial charge in [0.15, 0.2) is 0 Å². The monoisotopic (exact) mass is 339 g/mol. The Hall–Kier alpha value is -1.59. The second-order valence-corrected chi connectivity index (χ2v) is 6.34. The molecule has 0 bridgehead atoms. The van der Waals surface area contributed by atoms with E-state index in [-0.39, 0.29) is 42.2 Å². The van der Waals surface area contributed by atoms with Crippen LogP contribution in [0, 0.1) is 5.92 Å². The van der Waals surface area contributed by atoms with E-state index in [1.165, 1.54) is 0 Å². The van der Waals surface area contributed by atoms with Gasteiger partial charge in [-0.3, -0.25) is 9.59 Å². The molecule has 0 heterocycles. The van der Waals surface area contributed by atoms with Crippen LogP contribution >= 0.6 is 12.4 Å². The van der Waals surface area contributed by atoms with Crippen molar-refractivity contribution in [2.75, 3.05) is 6.54 Å². The summed E-state index contributed by atoms with van der Waals surface area (Å²) in [6, 6.07) is 9.40. The molecule has 0 spiro atoms. The summed E-state index contributed by atoms with van der Waals surface area (Å²) in [4.78, 5) is 23.9. The number of nitrogens with one attached hydrogen (secondary N) is 2. The minimum absolute atomic E-state index is 0. The fraction of sp³-hybridized carbons (Fsp3) is 0.529. The first-order chi connectivity index (χ1) is 10.4. The van der Waals surface area contributed by atoms with Crippen LogP contribution in [0.2, 0.25) is 0 Å². The first kappa shape index (κ1) is 19.5. The lowest BCUT2D eigenvalue weighted by molar-refractivity contribution is -0.128. The fourth-order valence-electron chi connectivity index (χ4n) is 2.67. The van der Waals surface area contributed by atoms with Gasteiger partial charge in [-0.2, -0.15) is 0 Å². The highest BCUT2D eigenvalue weighted by atomic mass is 35.5. The zero-order valence-corrected chi connectivity index (χ0v) is 14.5. The van der Waals surface area contributed by atoms with Crippen LogP contribution in [0.1, 0.15) is 38.7 Å². The molecule has 128 valence electrons. The molecule has 1 aromatic rings. The summed E-state index contributed by atoms with van der Waals surface area (Å²) >= 11 is 0. The number of nitrogens with two attached hydrogens (primary N) is 1. The van der Waals surface area contributed by atoms with Gasteiger partial charge in [-0.05, 0) is 30.7 Å². The molecule has 1 saturated carbocycles. The summed E-state index contributed by atoms with van der Waals surface area (Å²) in [5.74, 6) is -0.411. The van der Waals surface area contributed by atoms with Crippen LogP contribution in [0.4, 0.5) is 0 Å². The molecule has 1 atom stereocenters. The van der Waals surface area contributed by atoms with Crippen LogP contribution in [0.3, 0.4) is 0 Å². The average molecular weight is 340 g/mol. The van der Waals surface area contributed by atoms with E-state index in [4.69, 9.17) is 5.73 Å². The Morgan fingerprint density at radius 1 is 1.22 bits per heavy atom. The maximum atomic E-state index is 12.2. The fourth-order valence-corrected chi connectivity index (χ4v) is 2.67. The first-order valence-electron chi connectivity index (χ1n) is 7.84. The number of hydrogen-bond acceptors (Lipinski definition) is 3. The molecule has 4 N–H and O–H groups in total. The normalized spacial score (nSPS) is 16.7. The van der Waals surface area contributed by atoms with E-state index in [1.807, 2.05) is 44.2 Å². The number of rotatable bonds is 6. The third kappa shape index (κ3) is 4.69. The molecule has 0 aliphatic heterocycles. The maximum absolute atomic E-state index is 12.2. The Balaban J connectivity index is 0.00000264. The molecule has 6 heteroatoms. The third-order valence-corrected chi connectivity index (χ3v) is 4.36. The van der Waals surface area contributed by atoms with E-state index in [2.05, 4.69) is 10.6 Å². The minimum atomic E-state index is -0.584. The third-order valence-electron chi connectivity index (χ3n) is 4.36. The van der Waals surface area contributed by atoms with Crippen molar-refractivity contribution in [1.82, 2.24) is 10.6 Å². The Morgan fingerprint density at radius 2 is 1.83 bits per heavy atom. The summed E-state index contributed by atoms with van der Waals surface area (Å²) < 4.78 is 0. The number of amides is 2. The minimum Gasteiger partial charge on any atom is -0.346 e. The molecular weight excluding hydrogens is 314 g/mol. The van der Waals surface area contributed by atoms with E-state index in [0.717, 1.165) is 24.8 Å². The lowest BCUT2D eigenvalue weighted by atomic mass is 9.72. The van der Waals surface area contributed by atoms with Gasteiger partial charge in [0.1, 0.15) is 0 Å². The summed E-state index contributed by atoms with van der Waals surface area (Å²) in [6.07, 6.45) is 2.96. The summed E-state index contributed by atoms with van der Waals surface area (Å²) in [5.41, 5.74) is 6.61. The van der Waals surface area contributed by atoms with Gasteiger partial charge in [0.25, 0.3) is 0 Å². The number of hydrogen-bond donors (Lipinski definition) is 3. The lowest BCUT2D eigenvalue weighted by Crippen LogP contribution is -2.54. The Kier molecular flexibility index (Phi) is 7.03. The van der Waals surface area contributed by atoms with Crippen molar-refractivity contribution in [2.24, 2.45) is 11.7 Å². The zero-order chi connectivity index (χ0) is 16.2. The highest BCUT2D eigenvalue weighted by Gasteiger charge is 2.39. The molecule has 1 fully saturated rings. The predicted octanol–water partition coefficient (Wildman–Crippen LogP) is 1.70. The molecule has 23 heavy (non-hydrogen) atoms. The van der Waals surface area contributed by atoms with E-state index >= 15 is 0 Å². The van der Waals surface area contributed by atoms with Crippen LogP contribution in [-0.4, -0.2) is 24.4 Å². The van der Waals surface area contributed by atoms with Gasteiger partial charge in [0, 0.05) is 0 Å². The maximum Gasteiger partial charge on any atom is 0.240 e. The molecule has 0 saturated heterocycles. The number of carbonyl (C=O) groups is 2. The van der Waals surface area contributed by atoms with Crippen LogP contribution in [0.5, 0.6) is 0 Å². The van der Waals surface area contributed by atoms with Crippen molar-refractivity contribution in [2.45, 2.75) is 44.7 Å². The SMILES string of the molecule is CC(C)[C@H](N)C(=O)NCC(=O)NC1(c2ccccc2)CCC1.Cl. The Bertz CT molecular complexity index is 530. The summed E-state index contributed by atoms with van der Waals surface area (Å²) in [5, 5.41) is 5.69. The number of benzene rings is 1. The molecule has 2 rings (SSSR count). The molecular formula is C17H26ClN3O2. The van der Waals surface area contributed by atoms with Crippen molar-refractivity contribution >= 4 is 24.2 Å². The highest BCUT2D eigenvalue weighted by molar-refractivity contribution is 5.87. The van der Waals surface area contributed by atoms with Crippen molar-refractivity contribution < 1.29 is 9.59 Å². The zero-order valence-electron chi connectivity index (χ0n) is 13.7. The lowest BCUT2D eigenvalue weighted by Gasteiger charge is -2.43. The second-order valence-electron chi connectivity index (χ2n) is 6.34. The van der Waals surface area contributed by atoms with Crippen LogP contribution in [0.15, 0.2) is 30.3 Å². The summed E-state index contributed by atoms with van der Waals surface area (Å²) in [7, 11) is 0. The van der Waals surface area contributed by atoms with Crippen LogP contribution < -0.4 is 16.4 Å². The smallest absolute Gasteiger partial charge is 0.240 e. The second kappa shape index (κ2) is 8.31. The predicted molar refractivity (Wildman–Crippen MR) is 93.2 cm³/mol. The molecule has 5 nitrogen and oxygen atoms in total. The molecule has 1 aromatic carbocycles. The van der Waals surface area contributed by atoms with Gasteiger partial charge in [-0.1, -0.05) is 44.2 Å². The van der Waals surface area contributed by atoms with Crippen LogP contribution in [-0.2, 0) is 15.1 Å². The van der Waals surface area contributed by atoms with Gasteiger partial charge in [0.2, 0.25) is 11.8 Å². The topological polar surface area (TPSA) is 84.2 Å². The molecule has 1 aliphatic rings. The van der Waals surface area contributed by atoms with Gasteiger partial charge in [-0.15, -0.1) is 12.4 Å². The molecule has 0 radical (unpaired) electrons. The Morgan fingerprint density at radius 3 is 2.30 bits per heavy atom. The number of halogens is 1. The van der Waals surface area contributed by atoms with Crippen molar-refractivity contribution in [3.05, 3.63) is 35.9 Å². The quantitative estimate of drug-likeness (QED) is 0.737. The van der Waals surface area contributed by atoms with E-state index in [9.17, 15) is 9.59 Å². The summed E-state index contributed by atoms with van der Waals surface area (Å²) in [6.45, 7) is 3.72. The standard InChI is InChI=1S/C17H25N3O2.ClH/c1-12(2)15(18)16(22)19-11-14(21)20-17(9-6-10-17)13-7-4-3-5-8-13;/h3-5,7-8,12,15H,6,9-11,18H2,1-2H3,(H,19,22)(H,20,21);1H/t15-;/m0./s1.